The van der Waals surface area contributed by atoms with Crippen LogP contribution in [0.3, 0.4) is 0 Å². The van der Waals surface area contributed by atoms with Crippen LogP contribution in [0, 0.1) is 5.92 Å². The van der Waals surface area contributed by atoms with Crippen LogP contribution in [-0.2, 0) is 11.3 Å². The maximum absolute atomic E-state index is 12.3. The fraction of sp³-hybridized carbons (Fsp3) is 0.474. The van der Waals surface area contributed by atoms with Crippen LogP contribution < -0.4 is 0 Å². The lowest BCUT2D eigenvalue weighted by Gasteiger charge is -2.17. The van der Waals surface area contributed by atoms with Crippen molar-refractivity contribution in [3.8, 4) is 5.69 Å². The first-order chi connectivity index (χ1) is 12.1. The van der Waals surface area contributed by atoms with Gasteiger partial charge in [0, 0.05) is 24.8 Å². The van der Waals surface area contributed by atoms with Gasteiger partial charge in [-0.15, -0.1) is 0 Å². The van der Waals surface area contributed by atoms with Crippen LogP contribution in [0.15, 0.2) is 36.5 Å². The van der Waals surface area contributed by atoms with Gasteiger partial charge in [0.05, 0.1) is 18.4 Å². The third-order valence-corrected chi connectivity index (χ3v) is 4.66. The quantitative estimate of drug-likeness (QED) is 0.815. The van der Waals surface area contributed by atoms with Crippen LogP contribution in [-0.4, -0.2) is 51.6 Å². The van der Waals surface area contributed by atoms with E-state index in [-0.39, 0.29) is 12.0 Å². The van der Waals surface area contributed by atoms with Crippen molar-refractivity contribution >= 4 is 5.97 Å². The Kier molecular flexibility index (Phi) is 5.50. The van der Waals surface area contributed by atoms with Crippen LogP contribution in [0.5, 0.6) is 0 Å². The molecule has 0 radical (unpaired) electrons. The summed E-state index contributed by atoms with van der Waals surface area (Å²) in [5, 5.41) is 14.2. The van der Waals surface area contributed by atoms with Crippen molar-refractivity contribution in [1.29, 1.82) is 0 Å². The summed E-state index contributed by atoms with van der Waals surface area (Å²) >= 11 is 0. The van der Waals surface area contributed by atoms with E-state index in [9.17, 15) is 9.90 Å². The average molecular weight is 343 g/mol. The molecule has 1 aromatic heterocycles. The van der Waals surface area contributed by atoms with Gasteiger partial charge in [-0.3, -0.25) is 4.90 Å². The highest BCUT2D eigenvalue weighted by molar-refractivity contribution is 5.88. The minimum atomic E-state index is -0.390. The summed E-state index contributed by atoms with van der Waals surface area (Å²) in [4.78, 5) is 14.6. The molecule has 0 spiro atoms. The molecule has 1 saturated heterocycles. The van der Waals surface area contributed by atoms with Crippen molar-refractivity contribution in [3.05, 3.63) is 47.8 Å². The standard InChI is InChI=1S/C19H25N3O3/c1-3-25-19(24)18-16(12-21-10-9-15(11-21)14(2)23)13-22(20-18)17-7-5-4-6-8-17/h4-8,13-15,23H,3,9-12H2,1-2H3. The molecule has 3 rings (SSSR count). The number of rotatable bonds is 6. The summed E-state index contributed by atoms with van der Waals surface area (Å²) < 4.78 is 6.89. The molecule has 1 aliphatic heterocycles. The zero-order valence-corrected chi connectivity index (χ0v) is 14.8. The van der Waals surface area contributed by atoms with Gasteiger partial charge in [0.2, 0.25) is 0 Å². The highest BCUT2D eigenvalue weighted by Gasteiger charge is 2.28. The Bertz CT molecular complexity index is 712. The molecule has 2 atom stereocenters. The van der Waals surface area contributed by atoms with Crippen LogP contribution in [0.2, 0.25) is 0 Å². The molecule has 2 aromatic rings. The zero-order chi connectivity index (χ0) is 17.8. The van der Waals surface area contributed by atoms with Crippen LogP contribution >= 0.6 is 0 Å². The number of likely N-dealkylation sites (tertiary alicyclic amines) is 1. The van der Waals surface area contributed by atoms with E-state index in [0.717, 1.165) is 30.8 Å². The van der Waals surface area contributed by atoms with Crippen molar-refractivity contribution in [1.82, 2.24) is 14.7 Å². The number of carbonyl (C=O) groups is 1. The Morgan fingerprint density at radius 3 is 2.80 bits per heavy atom. The Labute approximate surface area is 148 Å². The molecule has 6 nitrogen and oxygen atoms in total. The predicted molar refractivity (Wildman–Crippen MR) is 94.6 cm³/mol. The molecule has 0 saturated carbocycles. The van der Waals surface area contributed by atoms with E-state index in [4.69, 9.17) is 4.74 Å². The molecule has 1 aromatic carbocycles. The van der Waals surface area contributed by atoms with E-state index in [1.54, 1.807) is 11.6 Å². The first kappa shape index (κ1) is 17.6. The van der Waals surface area contributed by atoms with E-state index in [2.05, 4.69) is 10.00 Å². The number of ether oxygens (including phenoxy) is 1. The molecule has 1 N–H and O–H groups in total. The second-order valence-electron chi connectivity index (χ2n) is 6.53. The summed E-state index contributed by atoms with van der Waals surface area (Å²) in [5.74, 6) is -0.103. The van der Waals surface area contributed by atoms with Crippen LogP contribution in [0.1, 0.15) is 36.3 Å². The summed E-state index contributed by atoms with van der Waals surface area (Å²) in [6, 6.07) is 9.72. The topological polar surface area (TPSA) is 67.6 Å². The van der Waals surface area contributed by atoms with Gasteiger partial charge in [-0.2, -0.15) is 5.10 Å². The number of aliphatic hydroxyl groups excluding tert-OH is 1. The van der Waals surface area contributed by atoms with Gasteiger partial charge in [-0.25, -0.2) is 9.48 Å². The summed E-state index contributed by atoms with van der Waals surface area (Å²) in [5.41, 5.74) is 2.13. The van der Waals surface area contributed by atoms with E-state index >= 15 is 0 Å². The molecule has 0 amide bonds. The molecule has 6 heteroatoms. The van der Waals surface area contributed by atoms with Crippen LogP contribution in [0.25, 0.3) is 5.69 Å². The normalized spacial score (nSPS) is 19.1. The monoisotopic (exact) mass is 343 g/mol. The molecule has 25 heavy (non-hydrogen) atoms. The second kappa shape index (κ2) is 7.80. The van der Waals surface area contributed by atoms with Gasteiger partial charge in [-0.05, 0) is 44.9 Å². The highest BCUT2D eigenvalue weighted by atomic mass is 16.5. The third-order valence-electron chi connectivity index (χ3n) is 4.66. The lowest BCUT2D eigenvalue weighted by molar-refractivity contribution is 0.0516. The van der Waals surface area contributed by atoms with Crippen molar-refractivity contribution in [3.63, 3.8) is 0 Å². The fourth-order valence-corrected chi connectivity index (χ4v) is 3.25. The summed E-state index contributed by atoms with van der Waals surface area (Å²) in [7, 11) is 0. The Balaban J connectivity index is 1.84. The first-order valence-electron chi connectivity index (χ1n) is 8.80. The lowest BCUT2D eigenvalue weighted by Crippen LogP contribution is -2.24. The van der Waals surface area contributed by atoms with E-state index in [0.29, 0.717) is 18.8 Å². The molecule has 2 unspecified atom stereocenters. The number of esters is 1. The lowest BCUT2D eigenvalue weighted by atomic mass is 10.0. The molecular formula is C19H25N3O3. The summed E-state index contributed by atoms with van der Waals surface area (Å²) in [6.45, 7) is 6.32. The van der Waals surface area contributed by atoms with Gasteiger partial charge < -0.3 is 9.84 Å². The smallest absolute Gasteiger partial charge is 0.359 e. The van der Waals surface area contributed by atoms with Crippen molar-refractivity contribution in [2.75, 3.05) is 19.7 Å². The maximum Gasteiger partial charge on any atom is 0.359 e. The number of nitrogens with zero attached hydrogens (tertiary/aromatic N) is 3. The van der Waals surface area contributed by atoms with Gasteiger partial charge in [0.25, 0.3) is 0 Å². The van der Waals surface area contributed by atoms with Gasteiger partial charge in [0.1, 0.15) is 0 Å². The number of hydrogen-bond acceptors (Lipinski definition) is 5. The molecule has 134 valence electrons. The number of hydrogen-bond donors (Lipinski definition) is 1. The number of aromatic nitrogens is 2. The number of carbonyl (C=O) groups excluding carboxylic acids is 1. The molecule has 1 fully saturated rings. The van der Waals surface area contributed by atoms with E-state index in [1.165, 1.54) is 0 Å². The maximum atomic E-state index is 12.3. The van der Waals surface area contributed by atoms with Crippen LogP contribution in [0.4, 0.5) is 0 Å². The van der Waals surface area contributed by atoms with Crippen molar-refractivity contribution in [2.45, 2.75) is 32.9 Å². The van der Waals surface area contributed by atoms with Gasteiger partial charge in [-0.1, -0.05) is 18.2 Å². The largest absolute Gasteiger partial charge is 0.461 e. The second-order valence-corrected chi connectivity index (χ2v) is 6.53. The average Bonchev–Trinajstić information content (AvgIpc) is 3.24. The molecule has 0 bridgehead atoms. The first-order valence-corrected chi connectivity index (χ1v) is 8.80. The Morgan fingerprint density at radius 1 is 1.40 bits per heavy atom. The number of benzene rings is 1. The number of para-hydroxylation sites is 1. The minimum absolute atomic E-state index is 0.287. The van der Waals surface area contributed by atoms with E-state index in [1.807, 2.05) is 43.5 Å². The van der Waals surface area contributed by atoms with Crippen molar-refractivity contribution in [2.24, 2.45) is 5.92 Å². The Hall–Kier alpha value is -2.18. The fourth-order valence-electron chi connectivity index (χ4n) is 3.25. The third kappa shape index (κ3) is 4.08. The highest BCUT2D eigenvalue weighted by Crippen LogP contribution is 2.23. The van der Waals surface area contributed by atoms with E-state index < -0.39 is 5.97 Å². The molecule has 1 aliphatic rings. The van der Waals surface area contributed by atoms with Gasteiger partial charge in [0.15, 0.2) is 5.69 Å². The molecular weight excluding hydrogens is 318 g/mol. The molecule has 0 aliphatic carbocycles. The SMILES string of the molecule is CCOC(=O)c1nn(-c2ccccc2)cc1CN1CCC(C(C)O)C1. The van der Waals surface area contributed by atoms with Crippen molar-refractivity contribution < 1.29 is 14.6 Å². The molecule has 2 heterocycles. The predicted octanol–water partition coefficient (Wildman–Crippen LogP) is 2.25. The summed E-state index contributed by atoms with van der Waals surface area (Å²) in [6.07, 6.45) is 2.57. The Morgan fingerprint density at radius 2 is 2.16 bits per heavy atom. The number of aliphatic hydroxyl groups is 1. The van der Waals surface area contributed by atoms with Gasteiger partial charge >= 0.3 is 5.97 Å². The zero-order valence-electron chi connectivity index (χ0n) is 14.8. The minimum Gasteiger partial charge on any atom is -0.461 e.